The molecule has 0 bridgehead atoms. The first-order chi connectivity index (χ1) is 7.29. The second-order valence-electron chi connectivity index (χ2n) is 2.62. The Labute approximate surface area is 92.7 Å². The Kier molecular flexibility index (Phi) is 3.30. The number of halogens is 3. The lowest BCUT2D eigenvalue weighted by atomic mass is 10.2. The van der Waals surface area contributed by atoms with E-state index in [1.165, 1.54) is 6.07 Å². The first-order valence-corrected chi connectivity index (χ1v) is 5.98. The molecule has 86 valence electrons. The Morgan fingerprint density at radius 3 is 2.44 bits per heavy atom. The summed E-state index contributed by atoms with van der Waals surface area (Å²) in [4.78, 5) is 11.9. The van der Waals surface area contributed by atoms with Crippen LogP contribution in [0.4, 0.5) is 8.78 Å². The van der Waals surface area contributed by atoms with Crippen LogP contribution in [0, 0.1) is 11.3 Å². The number of pyridine rings is 1. The van der Waals surface area contributed by atoms with Gasteiger partial charge in [0, 0.05) is 16.9 Å². The van der Waals surface area contributed by atoms with Gasteiger partial charge in [0.2, 0.25) is 5.43 Å². The minimum atomic E-state index is -4.64. The fraction of sp³-hybridized carbons (Fsp3) is 0.143. The molecule has 0 saturated carbocycles. The molecule has 1 aromatic rings. The quantitative estimate of drug-likeness (QED) is 0.814. The van der Waals surface area contributed by atoms with Gasteiger partial charge in [0.05, 0.1) is 0 Å². The van der Waals surface area contributed by atoms with Crippen LogP contribution in [-0.2, 0) is 9.05 Å². The summed E-state index contributed by atoms with van der Waals surface area (Å²) in [6.07, 6.45) is -2.51. The lowest BCUT2D eigenvalue weighted by Crippen LogP contribution is -2.19. The molecule has 0 amide bonds. The Morgan fingerprint density at radius 2 is 2.06 bits per heavy atom. The van der Waals surface area contributed by atoms with Crippen molar-refractivity contribution < 1.29 is 17.2 Å². The molecule has 0 aliphatic heterocycles. The maximum absolute atomic E-state index is 12.4. The summed E-state index contributed by atoms with van der Waals surface area (Å²) >= 11 is 0. The minimum Gasteiger partial charge on any atom is -0.358 e. The SMILES string of the molecule is N#Cc1c[nH]c(C(F)F)c(S(=O)(=O)Cl)c1=O. The third-order valence-corrected chi connectivity index (χ3v) is 3.01. The van der Waals surface area contributed by atoms with Crippen molar-refractivity contribution >= 4 is 19.7 Å². The number of alkyl halides is 2. The maximum Gasteiger partial charge on any atom is 0.279 e. The topological polar surface area (TPSA) is 90.8 Å². The number of nitrogens with zero attached hydrogens (tertiary/aromatic N) is 1. The maximum atomic E-state index is 12.4. The minimum absolute atomic E-state index is 0.608. The lowest BCUT2D eigenvalue weighted by Gasteiger charge is -2.04. The molecule has 0 atom stereocenters. The molecule has 1 N–H and O–H groups in total. The molecule has 5 nitrogen and oxygen atoms in total. The second kappa shape index (κ2) is 4.19. The largest absolute Gasteiger partial charge is 0.358 e. The van der Waals surface area contributed by atoms with Gasteiger partial charge < -0.3 is 4.98 Å². The van der Waals surface area contributed by atoms with Gasteiger partial charge in [-0.25, -0.2) is 17.2 Å². The average Bonchev–Trinajstić information content (AvgIpc) is 2.14. The van der Waals surface area contributed by atoms with Crippen LogP contribution < -0.4 is 5.43 Å². The van der Waals surface area contributed by atoms with Crippen LogP contribution in [0.25, 0.3) is 0 Å². The molecule has 16 heavy (non-hydrogen) atoms. The Morgan fingerprint density at radius 1 is 1.50 bits per heavy atom. The predicted octanol–water partition coefficient (Wildman–Crippen LogP) is 1.11. The van der Waals surface area contributed by atoms with E-state index in [1.54, 1.807) is 0 Å². The molecule has 0 unspecified atom stereocenters. The van der Waals surface area contributed by atoms with Crippen molar-refractivity contribution in [2.75, 3.05) is 0 Å². The van der Waals surface area contributed by atoms with Gasteiger partial charge in [0.1, 0.15) is 17.3 Å². The Hall–Kier alpha value is -1.46. The molecule has 0 aliphatic carbocycles. The molecule has 0 aromatic carbocycles. The van der Waals surface area contributed by atoms with Crippen molar-refractivity contribution in [3.05, 3.63) is 27.7 Å². The zero-order valence-corrected chi connectivity index (χ0v) is 8.94. The normalized spacial score (nSPS) is 11.4. The van der Waals surface area contributed by atoms with E-state index in [0.717, 1.165) is 0 Å². The molecule has 0 radical (unpaired) electrons. The van der Waals surface area contributed by atoms with Gasteiger partial charge >= 0.3 is 0 Å². The summed E-state index contributed by atoms with van der Waals surface area (Å²) in [5, 5.41) is 8.44. The summed E-state index contributed by atoms with van der Waals surface area (Å²) in [7, 11) is 0.207. The lowest BCUT2D eigenvalue weighted by molar-refractivity contribution is 0.142. The number of hydrogen-bond donors (Lipinski definition) is 1. The van der Waals surface area contributed by atoms with Gasteiger partial charge in [-0.1, -0.05) is 0 Å². The van der Waals surface area contributed by atoms with Gasteiger partial charge in [-0.15, -0.1) is 0 Å². The highest BCUT2D eigenvalue weighted by molar-refractivity contribution is 8.13. The van der Waals surface area contributed by atoms with Crippen LogP contribution in [0.1, 0.15) is 17.7 Å². The summed E-state index contributed by atoms with van der Waals surface area (Å²) in [5.74, 6) is 0. The fourth-order valence-corrected chi connectivity index (χ4v) is 2.21. The third-order valence-electron chi connectivity index (χ3n) is 1.65. The predicted molar refractivity (Wildman–Crippen MR) is 49.8 cm³/mol. The second-order valence-corrected chi connectivity index (χ2v) is 5.13. The van der Waals surface area contributed by atoms with E-state index in [4.69, 9.17) is 15.9 Å². The number of rotatable bonds is 2. The standard InChI is InChI=1S/C7H3ClF2N2O3S/c8-16(14,15)6-4(7(9)10)12-2-3(1-11)5(6)13/h2,7H,(H,12,13). The van der Waals surface area contributed by atoms with Crippen molar-refractivity contribution in [2.45, 2.75) is 11.3 Å². The van der Waals surface area contributed by atoms with Gasteiger partial charge in [-0.05, 0) is 0 Å². The highest BCUT2D eigenvalue weighted by atomic mass is 35.7. The number of aromatic nitrogens is 1. The number of nitrogens with one attached hydrogen (secondary N) is 1. The Balaban J connectivity index is 3.79. The fourth-order valence-electron chi connectivity index (χ4n) is 1.01. The van der Waals surface area contributed by atoms with E-state index in [9.17, 15) is 22.0 Å². The van der Waals surface area contributed by atoms with Gasteiger partial charge in [0.15, 0.2) is 4.90 Å². The van der Waals surface area contributed by atoms with Gasteiger partial charge in [-0.2, -0.15) is 5.26 Å². The molecule has 1 aromatic heterocycles. The van der Waals surface area contributed by atoms with Crippen molar-refractivity contribution in [1.82, 2.24) is 4.98 Å². The van der Waals surface area contributed by atoms with Crippen molar-refractivity contribution in [2.24, 2.45) is 0 Å². The van der Waals surface area contributed by atoms with Crippen LogP contribution in [0.15, 0.2) is 15.9 Å². The van der Waals surface area contributed by atoms with E-state index in [0.29, 0.717) is 6.20 Å². The van der Waals surface area contributed by atoms with E-state index < -0.39 is 37.1 Å². The van der Waals surface area contributed by atoms with Crippen LogP contribution in [0.3, 0.4) is 0 Å². The third kappa shape index (κ3) is 2.20. The van der Waals surface area contributed by atoms with Crippen molar-refractivity contribution in [3.63, 3.8) is 0 Å². The van der Waals surface area contributed by atoms with E-state index in [2.05, 4.69) is 0 Å². The van der Waals surface area contributed by atoms with Crippen LogP contribution >= 0.6 is 10.7 Å². The molecule has 1 rings (SSSR count). The molecular formula is C7H3ClF2N2O3S. The molecule has 0 aliphatic rings. The van der Waals surface area contributed by atoms with E-state index in [-0.39, 0.29) is 0 Å². The van der Waals surface area contributed by atoms with E-state index in [1.807, 2.05) is 4.98 Å². The molecule has 0 fully saturated rings. The monoisotopic (exact) mass is 268 g/mol. The van der Waals surface area contributed by atoms with Crippen LogP contribution in [0.5, 0.6) is 0 Å². The van der Waals surface area contributed by atoms with Gasteiger partial charge in [-0.3, -0.25) is 4.79 Å². The summed E-state index contributed by atoms with van der Waals surface area (Å²) in [6, 6.07) is 1.36. The Bertz CT molecular complexity index is 617. The van der Waals surface area contributed by atoms with E-state index >= 15 is 0 Å². The van der Waals surface area contributed by atoms with Crippen LogP contribution in [0.2, 0.25) is 0 Å². The summed E-state index contributed by atoms with van der Waals surface area (Å²) in [5.41, 5.74) is -3.07. The number of hydrogen-bond acceptors (Lipinski definition) is 4. The summed E-state index contributed by atoms with van der Waals surface area (Å²) in [6.45, 7) is 0. The molecule has 0 spiro atoms. The summed E-state index contributed by atoms with van der Waals surface area (Å²) < 4.78 is 46.7. The zero-order valence-electron chi connectivity index (χ0n) is 7.37. The number of aromatic amines is 1. The number of nitriles is 1. The highest BCUT2D eigenvalue weighted by Gasteiger charge is 2.27. The van der Waals surface area contributed by atoms with Crippen molar-refractivity contribution in [3.8, 4) is 6.07 Å². The molecule has 1 heterocycles. The smallest absolute Gasteiger partial charge is 0.279 e. The first kappa shape index (κ1) is 12.6. The van der Waals surface area contributed by atoms with Crippen molar-refractivity contribution in [1.29, 1.82) is 5.26 Å². The molecular weight excluding hydrogens is 266 g/mol. The van der Waals surface area contributed by atoms with Crippen LogP contribution in [-0.4, -0.2) is 13.4 Å². The van der Waals surface area contributed by atoms with Gasteiger partial charge in [0.25, 0.3) is 15.5 Å². The zero-order chi connectivity index (χ0) is 12.5. The molecule has 0 saturated heterocycles. The molecule has 9 heteroatoms. The first-order valence-electron chi connectivity index (χ1n) is 3.67. The average molecular weight is 269 g/mol. The number of H-pyrrole nitrogens is 1. The highest BCUT2D eigenvalue weighted by Crippen LogP contribution is 2.24.